The summed E-state index contributed by atoms with van der Waals surface area (Å²) in [6, 6.07) is 7.71. The van der Waals surface area contributed by atoms with Gasteiger partial charge in [0, 0.05) is 56.1 Å². The molecular formula is C25H31N7O. The summed E-state index contributed by atoms with van der Waals surface area (Å²) in [6.07, 6.45) is 11.2. The number of rotatable bonds is 5. The molecule has 172 valence electrons. The van der Waals surface area contributed by atoms with Gasteiger partial charge in [0.05, 0.1) is 30.8 Å². The number of ether oxygens (including phenoxy) is 1. The van der Waals surface area contributed by atoms with Crippen LogP contribution in [0.1, 0.15) is 36.9 Å². The Morgan fingerprint density at radius 1 is 1.03 bits per heavy atom. The molecule has 0 bridgehead atoms. The van der Waals surface area contributed by atoms with E-state index in [1.165, 1.54) is 36.8 Å². The number of aromatic nitrogens is 4. The first kappa shape index (κ1) is 20.6. The van der Waals surface area contributed by atoms with Crippen LogP contribution in [0, 0.1) is 0 Å². The van der Waals surface area contributed by atoms with Crippen LogP contribution >= 0.6 is 0 Å². The molecule has 1 aliphatic heterocycles. The molecule has 0 radical (unpaired) electrons. The van der Waals surface area contributed by atoms with Crippen molar-refractivity contribution < 1.29 is 4.74 Å². The van der Waals surface area contributed by atoms with Gasteiger partial charge in [0.1, 0.15) is 12.1 Å². The minimum Gasteiger partial charge on any atom is -0.379 e. The van der Waals surface area contributed by atoms with E-state index in [-0.39, 0.29) is 0 Å². The average molecular weight is 446 g/mol. The van der Waals surface area contributed by atoms with Gasteiger partial charge in [0.15, 0.2) is 0 Å². The van der Waals surface area contributed by atoms with Crippen LogP contribution < -0.4 is 10.6 Å². The van der Waals surface area contributed by atoms with Crippen LogP contribution in [0.2, 0.25) is 0 Å². The number of hydrogen-bond acceptors (Lipinski definition) is 7. The lowest BCUT2D eigenvalue weighted by Gasteiger charge is -2.39. The van der Waals surface area contributed by atoms with E-state index in [2.05, 4.69) is 48.8 Å². The summed E-state index contributed by atoms with van der Waals surface area (Å²) in [5, 5.41) is 11.5. The lowest BCUT2D eigenvalue weighted by atomic mass is 9.89. The number of benzene rings is 1. The standard InChI is InChI=1S/C25H31N7O/c1-31-15-20(14-28-31)29-19-3-2-17-12-23-24(22(17)13-19)25(27-16-26-23)30-18-4-6-21(7-5-18)32-8-10-33-11-9-32/h2-3,13-16,18,21,29H,4-12H2,1H3,(H,26,27,30). The van der Waals surface area contributed by atoms with E-state index < -0.39 is 0 Å². The lowest BCUT2D eigenvalue weighted by molar-refractivity contribution is 0.00791. The first-order valence-electron chi connectivity index (χ1n) is 12.0. The van der Waals surface area contributed by atoms with Crippen molar-refractivity contribution in [1.29, 1.82) is 0 Å². The molecule has 3 aliphatic rings. The SMILES string of the molecule is Cn1cc(Nc2ccc3c(c2)-c2c(ncnc2NC2CCC(N4CCOCC4)CC2)C3)cn1. The van der Waals surface area contributed by atoms with Crippen LogP contribution in [0.3, 0.4) is 0 Å². The summed E-state index contributed by atoms with van der Waals surface area (Å²) < 4.78 is 7.33. The molecule has 2 fully saturated rings. The molecule has 3 aromatic rings. The molecule has 2 aromatic heterocycles. The maximum absolute atomic E-state index is 5.53. The van der Waals surface area contributed by atoms with E-state index in [0.29, 0.717) is 12.1 Å². The Labute approximate surface area is 194 Å². The molecule has 8 nitrogen and oxygen atoms in total. The highest BCUT2D eigenvalue weighted by atomic mass is 16.5. The van der Waals surface area contributed by atoms with Gasteiger partial charge in [-0.2, -0.15) is 5.10 Å². The molecule has 33 heavy (non-hydrogen) atoms. The minimum absolute atomic E-state index is 0.460. The zero-order valence-corrected chi connectivity index (χ0v) is 19.1. The number of aryl methyl sites for hydroxylation is 1. The summed E-state index contributed by atoms with van der Waals surface area (Å²) in [5.41, 5.74) is 6.84. The number of hydrogen-bond donors (Lipinski definition) is 2. The third-order valence-corrected chi connectivity index (χ3v) is 7.26. The molecule has 3 heterocycles. The highest BCUT2D eigenvalue weighted by molar-refractivity contribution is 5.86. The van der Waals surface area contributed by atoms with Crippen molar-refractivity contribution in [2.75, 3.05) is 36.9 Å². The van der Waals surface area contributed by atoms with Crippen LogP contribution in [0.25, 0.3) is 11.1 Å². The largest absolute Gasteiger partial charge is 0.379 e. The highest BCUT2D eigenvalue weighted by Crippen LogP contribution is 2.41. The van der Waals surface area contributed by atoms with E-state index in [1.54, 1.807) is 11.0 Å². The van der Waals surface area contributed by atoms with Gasteiger partial charge < -0.3 is 15.4 Å². The van der Waals surface area contributed by atoms with Gasteiger partial charge in [-0.1, -0.05) is 6.07 Å². The van der Waals surface area contributed by atoms with Crippen molar-refractivity contribution in [2.24, 2.45) is 7.05 Å². The molecule has 2 aliphatic carbocycles. The Morgan fingerprint density at radius 2 is 1.88 bits per heavy atom. The predicted octanol–water partition coefficient (Wildman–Crippen LogP) is 3.58. The fraction of sp³-hybridized carbons (Fsp3) is 0.480. The average Bonchev–Trinajstić information content (AvgIpc) is 3.43. The summed E-state index contributed by atoms with van der Waals surface area (Å²) in [6.45, 7) is 3.91. The molecule has 0 unspecified atom stereocenters. The highest BCUT2D eigenvalue weighted by Gasteiger charge is 2.29. The van der Waals surface area contributed by atoms with Crippen LogP contribution in [0.4, 0.5) is 17.2 Å². The third-order valence-electron chi connectivity index (χ3n) is 7.26. The van der Waals surface area contributed by atoms with Gasteiger partial charge in [0.25, 0.3) is 0 Å². The number of morpholine rings is 1. The maximum Gasteiger partial charge on any atom is 0.137 e. The minimum atomic E-state index is 0.460. The smallest absolute Gasteiger partial charge is 0.137 e. The second kappa shape index (κ2) is 8.76. The number of nitrogens with one attached hydrogen (secondary N) is 2. The van der Waals surface area contributed by atoms with Gasteiger partial charge in [-0.25, -0.2) is 9.97 Å². The molecule has 2 N–H and O–H groups in total. The van der Waals surface area contributed by atoms with Crippen molar-refractivity contribution in [3.63, 3.8) is 0 Å². The van der Waals surface area contributed by atoms with Gasteiger partial charge >= 0.3 is 0 Å². The monoisotopic (exact) mass is 445 g/mol. The van der Waals surface area contributed by atoms with Gasteiger partial charge in [-0.3, -0.25) is 9.58 Å². The van der Waals surface area contributed by atoms with E-state index in [1.807, 2.05) is 19.4 Å². The molecule has 0 spiro atoms. The van der Waals surface area contributed by atoms with Crippen molar-refractivity contribution in [3.05, 3.63) is 48.2 Å². The number of fused-ring (bicyclic) bond motifs is 3. The number of nitrogens with zero attached hydrogens (tertiary/aromatic N) is 5. The first-order chi connectivity index (χ1) is 16.2. The van der Waals surface area contributed by atoms with Crippen molar-refractivity contribution in [2.45, 2.75) is 44.2 Å². The topological polar surface area (TPSA) is 80.1 Å². The Balaban J connectivity index is 1.18. The van der Waals surface area contributed by atoms with E-state index >= 15 is 0 Å². The van der Waals surface area contributed by atoms with Crippen LogP contribution in [0.5, 0.6) is 0 Å². The van der Waals surface area contributed by atoms with Crippen molar-refractivity contribution >= 4 is 17.2 Å². The second-order valence-electron chi connectivity index (χ2n) is 9.42. The third kappa shape index (κ3) is 4.20. The first-order valence-corrected chi connectivity index (χ1v) is 12.0. The second-order valence-corrected chi connectivity index (χ2v) is 9.42. The molecule has 0 amide bonds. The van der Waals surface area contributed by atoms with E-state index in [9.17, 15) is 0 Å². The summed E-state index contributed by atoms with van der Waals surface area (Å²) in [4.78, 5) is 11.9. The van der Waals surface area contributed by atoms with Crippen LogP contribution in [-0.2, 0) is 18.2 Å². The Morgan fingerprint density at radius 3 is 2.67 bits per heavy atom. The normalized spacial score (nSPS) is 22.6. The molecule has 1 saturated heterocycles. The fourth-order valence-corrected chi connectivity index (χ4v) is 5.54. The molecule has 1 aromatic carbocycles. The van der Waals surface area contributed by atoms with E-state index in [4.69, 9.17) is 4.74 Å². The lowest BCUT2D eigenvalue weighted by Crippen LogP contribution is -2.46. The van der Waals surface area contributed by atoms with Crippen molar-refractivity contribution in [3.8, 4) is 11.1 Å². The van der Waals surface area contributed by atoms with Gasteiger partial charge in [-0.05, 0) is 48.9 Å². The Kier molecular flexibility index (Phi) is 5.47. The molecule has 6 rings (SSSR count). The quantitative estimate of drug-likeness (QED) is 0.486. The molecule has 0 atom stereocenters. The zero-order valence-electron chi connectivity index (χ0n) is 19.1. The maximum atomic E-state index is 5.53. The fourth-order valence-electron chi connectivity index (χ4n) is 5.54. The molecule has 8 heteroatoms. The number of anilines is 3. The van der Waals surface area contributed by atoms with E-state index in [0.717, 1.165) is 61.2 Å². The summed E-state index contributed by atoms with van der Waals surface area (Å²) in [7, 11) is 1.92. The van der Waals surface area contributed by atoms with Crippen molar-refractivity contribution in [1.82, 2.24) is 24.6 Å². The van der Waals surface area contributed by atoms with Crippen LogP contribution in [-0.4, -0.2) is 63.0 Å². The Bertz CT molecular complexity index is 1130. The van der Waals surface area contributed by atoms with Gasteiger partial charge in [0.2, 0.25) is 0 Å². The van der Waals surface area contributed by atoms with Crippen LogP contribution in [0.15, 0.2) is 36.9 Å². The summed E-state index contributed by atoms with van der Waals surface area (Å²) in [5.74, 6) is 0.979. The Hall–Kier alpha value is -2.97. The zero-order chi connectivity index (χ0) is 22.2. The predicted molar refractivity (Wildman–Crippen MR) is 129 cm³/mol. The van der Waals surface area contributed by atoms with Gasteiger partial charge in [-0.15, -0.1) is 0 Å². The molecule has 1 saturated carbocycles. The molecular weight excluding hydrogens is 414 g/mol. The summed E-state index contributed by atoms with van der Waals surface area (Å²) >= 11 is 0.